The maximum absolute atomic E-state index is 13.8. The summed E-state index contributed by atoms with van der Waals surface area (Å²) < 4.78 is 13.8. The molecular weight excluding hydrogens is 263 g/mol. The maximum Gasteiger partial charge on any atom is 0.306 e. The van der Waals surface area contributed by atoms with Gasteiger partial charge in [-0.25, -0.2) is 4.39 Å². The second-order valence-electron chi connectivity index (χ2n) is 5.08. The van der Waals surface area contributed by atoms with E-state index in [0.29, 0.717) is 13.0 Å². The minimum atomic E-state index is -0.793. The first-order valence-electron chi connectivity index (χ1n) is 6.55. The SMILES string of the molecule is NC(=O)c1ccc(NCC2CCCC2C(=O)O)c(F)c1. The van der Waals surface area contributed by atoms with Gasteiger partial charge in [-0.05, 0) is 37.0 Å². The van der Waals surface area contributed by atoms with Crippen molar-refractivity contribution < 1.29 is 19.1 Å². The second kappa shape index (κ2) is 5.90. The Bertz CT molecular complexity index is 533. The molecule has 6 heteroatoms. The third-order valence-electron chi connectivity index (χ3n) is 3.78. The van der Waals surface area contributed by atoms with Gasteiger partial charge in [0.1, 0.15) is 5.82 Å². The number of aliphatic carboxylic acids is 1. The van der Waals surface area contributed by atoms with Gasteiger partial charge in [-0.2, -0.15) is 0 Å². The zero-order valence-electron chi connectivity index (χ0n) is 10.9. The maximum atomic E-state index is 13.8. The molecule has 5 nitrogen and oxygen atoms in total. The molecule has 0 radical (unpaired) electrons. The van der Waals surface area contributed by atoms with Crippen LogP contribution in [-0.4, -0.2) is 23.5 Å². The van der Waals surface area contributed by atoms with Gasteiger partial charge in [0.15, 0.2) is 0 Å². The highest BCUT2D eigenvalue weighted by Crippen LogP contribution is 2.32. The Morgan fingerprint density at radius 2 is 2.15 bits per heavy atom. The standard InChI is InChI=1S/C14H17FN2O3/c15-11-6-8(13(16)18)4-5-12(11)17-7-9-2-1-3-10(9)14(19)20/h4-6,9-10,17H,1-3,7H2,(H2,16,18)(H,19,20). The van der Waals surface area contributed by atoms with Crippen molar-refractivity contribution in [2.45, 2.75) is 19.3 Å². The van der Waals surface area contributed by atoms with Crippen molar-refractivity contribution in [3.8, 4) is 0 Å². The lowest BCUT2D eigenvalue weighted by molar-refractivity contribution is -0.142. The molecule has 0 bridgehead atoms. The minimum absolute atomic E-state index is 0.00252. The fourth-order valence-corrected chi connectivity index (χ4v) is 2.66. The molecule has 4 N–H and O–H groups in total. The van der Waals surface area contributed by atoms with Crippen molar-refractivity contribution in [2.75, 3.05) is 11.9 Å². The third-order valence-corrected chi connectivity index (χ3v) is 3.78. The Kier molecular flexibility index (Phi) is 4.22. The molecule has 1 aliphatic rings. The van der Waals surface area contributed by atoms with E-state index in [1.54, 1.807) is 0 Å². The molecule has 2 unspecified atom stereocenters. The van der Waals surface area contributed by atoms with Gasteiger partial charge in [0.05, 0.1) is 11.6 Å². The average Bonchev–Trinajstić information content (AvgIpc) is 2.85. The number of hydrogen-bond acceptors (Lipinski definition) is 3. The monoisotopic (exact) mass is 280 g/mol. The van der Waals surface area contributed by atoms with E-state index in [1.165, 1.54) is 12.1 Å². The number of hydrogen-bond donors (Lipinski definition) is 3. The van der Waals surface area contributed by atoms with Crippen molar-refractivity contribution in [1.29, 1.82) is 0 Å². The first-order valence-corrected chi connectivity index (χ1v) is 6.55. The van der Waals surface area contributed by atoms with Crippen molar-refractivity contribution >= 4 is 17.6 Å². The fourth-order valence-electron chi connectivity index (χ4n) is 2.66. The molecule has 0 spiro atoms. The number of carbonyl (C=O) groups excluding carboxylic acids is 1. The highest BCUT2D eigenvalue weighted by atomic mass is 19.1. The van der Waals surface area contributed by atoms with Crippen LogP contribution >= 0.6 is 0 Å². The van der Waals surface area contributed by atoms with Crippen LogP contribution in [0.1, 0.15) is 29.6 Å². The molecule has 20 heavy (non-hydrogen) atoms. The summed E-state index contributed by atoms with van der Waals surface area (Å²) in [6, 6.07) is 3.96. The number of halogens is 1. The lowest BCUT2D eigenvalue weighted by Gasteiger charge is -2.17. The van der Waals surface area contributed by atoms with Crippen molar-refractivity contribution in [2.24, 2.45) is 17.6 Å². The average molecular weight is 280 g/mol. The highest BCUT2D eigenvalue weighted by molar-refractivity contribution is 5.93. The van der Waals surface area contributed by atoms with E-state index in [9.17, 15) is 14.0 Å². The van der Waals surface area contributed by atoms with E-state index in [4.69, 9.17) is 10.8 Å². The Labute approximate surface area is 116 Å². The third kappa shape index (κ3) is 3.07. The zero-order chi connectivity index (χ0) is 14.7. The highest BCUT2D eigenvalue weighted by Gasteiger charge is 2.32. The normalized spacial score (nSPS) is 21.6. The second-order valence-corrected chi connectivity index (χ2v) is 5.08. The van der Waals surface area contributed by atoms with E-state index in [-0.39, 0.29) is 23.1 Å². The summed E-state index contributed by atoms with van der Waals surface area (Å²) in [6.07, 6.45) is 2.38. The van der Waals surface area contributed by atoms with E-state index in [1.807, 2.05) is 0 Å². The topological polar surface area (TPSA) is 92.4 Å². The number of benzene rings is 1. The first kappa shape index (κ1) is 14.3. The van der Waals surface area contributed by atoms with Gasteiger partial charge < -0.3 is 16.2 Å². The molecule has 1 saturated carbocycles. The molecule has 1 aromatic carbocycles. The van der Waals surface area contributed by atoms with Crippen LogP contribution in [0.4, 0.5) is 10.1 Å². The van der Waals surface area contributed by atoms with Crippen LogP contribution in [0, 0.1) is 17.7 Å². The molecule has 2 rings (SSSR count). The van der Waals surface area contributed by atoms with Crippen LogP contribution in [0.15, 0.2) is 18.2 Å². The summed E-state index contributed by atoms with van der Waals surface area (Å²) in [4.78, 5) is 22.0. The molecule has 1 aromatic rings. The van der Waals surface area contributed by atoms with Crippen LogP contribution in [-0.2, 0) is 4.79 Å². The fraction of sp³-hybridized carbons (Fsp3) is 0.429. The zero-order valence-corrected chi connectivity index (χ0v) is 10.9. The molecule has 2 atom stereocenters. The molecule has 108 valence electrons. The molecule has 0 aliphatic heterocycles. The minimum Gasteiger partial charge on any atom is -0.481 e. The molecule has 1 amide bonds. The summed E-state index contributed by atoms with van der Waals surface area (Å²) in [5.41, 5.74) is 5.43. The first-order chi connectivity index (χ1) is 9.49. The predicted molar refractivity (Wildman–Crippen MR) is 71.9 cm³/mol. The van der Waals surface area contributed by atoms with Crippen molar-refractivity contribution in [3.05, 3.63) is 29.6 Å². The number of primary amides is 1. The predicted octanol–water partition coefficient (Wildman–Crippen LogP) is 1.84. The molecule has 0 aromatic heterocycles. The largest absolute Gasteiger partial charge is 0.481 e. The van der Waals surface area contributed by atoms with E-state index in [2.05, 4.69) is 5.32 Å². The summed E-state index contributed by atoms with van der Waals surface area (Å²) in [5.74, 6) is -2.40. The van der Waals surface area contributed by atoms with Crippen molar-refractivity contribution in [3.63, 3.8) is 0 Å². The van der Waals surface area contributed by atoms with E-state index in [0.717, 1.165) is 18.9 Å². The summed E-state index contributed by atoms with van der Waals surface area (Å²) in [5, 5.41) is 12.0. The number of carboxylic acids is 1. The Hall–Kier alpha value is -2.11. The van der Waals surface area contributed by atoms with Gasteiger partial charge in [-0.1, -0.05) is 6.42 Å². The quantitative estimate of drug-likeness (QED) is 0.767. The lowest BCUT2D eigenvalue weighted by Crippen LogP contribution is -2.24. The number of carboxylic acid groups (broad SMARTS) is 1. The molecule has 0 saturated heterocycles. The molecule has 0 heterocycles. The number of anilines is 1. The Balaban J connectivity index is 2.00. The summed E-state index contributed by atoms with van der Waals surface area (Å²) in [6.45, 7) is 0.407. The number of nitrogens with one attached hydrogen (secondary N) is 1. The van der Waals surface area contributed by atoms with E-state index < -0.39 is 17.7 Å². The smallest absolute Gasteiger partial charge is 0.306 e. The number of rotatable bonds is 5. The van der Waals surface area contributed by atoms with Gasteiger partial charge in [-0.3, -0.25) is 9.59 Å². The molecule has 1 fully saturated rings. The van der Waals surface area contributed by atoms with Gasteiger partial charge in [0.2, 0.25) is 5.91 Å². The molecular formula is C14H17FN2O3. The van der Waals surface area contributed by atoms with Crippen LogP contribution < -0.4 is 11.1 Å². The molecule has 1 aliphatic carbocycles. The van der Waals surface area contributed by atoms with Gasteiger partial charge in [-0.15, -0.1) is 0 Å². The van der Waals surface area contributed by atoms with Crippen LogP contribution in [0.3, 0.4) is 0 Å². The van der Waals surface area contributed by atoms with Gasteiger partial charge in [0.25, 0.3) is 0 Å². The number of nitrogens with two attached hydrogens (primary N) is 1. The number of amides is 1. The number of carbonyl (C=O) groups is 2. The van der Waals surface area contributed by atoms with Gasteiger partial charge >= 0.3 is 5.97 Å². The van der Waals surface area contributed by atoms with Crippen LogP contribution in [0.5, 0.6) is 0 Å². The summed E-state index contributed by atoms with van der Waals surface area (Å²) >= 11 is 0. The van der Waals surface area contributed by atoms with E-state index >= 15 is 0 Å². The Morgan fingerprint density at radius 1 is 1.40 bits per heavy atom. The van der Waals surface area contributed by atoms with Crippen LogP contribution in [0.2, 0.25) is 0 Å². The summed E-state index contributed by atoms with van der Waals surface area (Å²) in [7, 11) is 0. The van der Waals surface area contributed by atoms with Crippen LogP contribution in [0.25, 0.3) is 0 Å². The van der Waals surface area contributed by atoms with Gasteiger partial charge in [0, 0.05) is 12.1 Å². The van der Waals surface area contributed by atoms with Crippen molar-refractivity contribution in [1.82, 2.24) is 0 Å². The lowest BCUT2D eigenvalue weighted by atomic mass is 9.96. The Morgan fingerprint density at radius 3 is 2.75 bits per heavy atom.